The maximum absolute atomic E-state index is 6.84. The Morgan fingerprint density at radius 3 is 1.45 bits per heavy atom. The molecule has 51 heavy (non-hydrogen) atoms. The Morgan fingerprint density at radius 1 is 0.333 bits per heavy atom. The summed E-state index contributed by atoms with van der Waals surface area (Å²) < 4.78 is 6.84. The van der Waals surface area contributed by atoms with Gasteiger partial charge in [0.2, 0.25) is 0 Å². The van der Waals surface area contributed by atoms with E-state index in [0.29, 0.717) is 17.5 Å². The van der Waals surface area contributed by atoms with Crippen LogP contribution in [-0.2, 0) is 0 Å². The Bertz CT molecular complexity index is 3080. The van der Waals surface area contributed by atoms with Gasteiger partial charge < -0.3 is 4.42 Å². The molecule has 0 aliphatic heterocycles. The minimum Gasteiger partial charge on any atom is -0.455 e. The summed E-state index contributed by atoms with van der Waals surface area (Å²) in [4.78, 5) is 15.5. The van der Waals surface area contributed by atoms with Crippen molar-refractivity contribution in [3.63, 3.8) is 0 Å². The van der Waals surface area contributed by atoms with Crippen molar-refractivity contribution in [3.05, 3.63) is 164 Å². The fraction of sp³-hybridized carbons (Fsp3) is 0. The molecule has 0 unspecified atom stereocenters. The SMILES string of the molecule is c1ccc2cc(-c3nc(-c4ccc5ccccc5c4)nc(-c4cccc5oc6c(ccc7c8ccccc8c8ccccc8c76)c45)n3)ccc2c1. The maximum atomic E-state index is 6.84. The molecular formula is C47H27N3O. The molecule has 2 heterocycles. The van der Waals surface area contributed by atoms with Crippen LogP contribution in [0, 0.1) is 0 Å². The number of furan rings is 1. The fourth-order valence-electron chi connectivity index (χ4n) is 7.87. The van der Waals surface area contributed by atoms with Crippen LogP contribution in [0.15, 0.2) is 168 Å². The number of nitrogens with zero attached hydrogens (tertiary/aromatic N) is 3. The first-order valence-corrected chi connectivity index (χ1v) is 17.2. The number of aromatic nitrogens is 3. The molecule has 4 nitrogen and oxygen atoms in total. The Balaban J connectivity index is 1.20. The minimum atomic E-state index is 0.605. The molecular weight excluding hydrogens is 623 g/mol. The number of hydrogen-bond acceptors (Lipinski definition) is 4. The number of benzene rings is 9. The fourth-order valence-corrected chi connectivity index (χ4v) is 7.87. The van der Waals surface area contributed by atoms with Crippen molar-refractivity contribution in [2.24, 2.45) is 0 Å². The zero-order valence-electron chi connectivity index (χ0n) is 27.3. The molecule has 0 saturated heterocycles. The highest BCUT2D eigenvalue weighted by atomic mass is 16.3. The molecule has 0 radical (unpaired) electrons. The molecule has 11 aromatic rings. The maximum Gasteiger partial charge on any atom is 0.164 e. The molecule has 0 spiro atoms. The molecule has 0 aliphatic rings. The zero-order valence-corrected chi connectivity index (χ0v) is 27.3. The van der Waals surface area contributed by atoms with Gasteiger partial charge in [-0.15, -0.1) is 0 Å². The molecule has 236 valence electrons. The van der Waals surface area contributed by atoms with Gasteiger partial charge >= 0.3 is 0 Å². The summed E-state index contributed by atoms with van der Waals surface area (Å²) in [5, 5.41) is 13.8. The van der Waals surface area contributed by atoms with Crippen molar-refractivity contribution in [2.45, 2.75) is 0 Å². The van der Waals surface area contributed by atoms with Crippen molar-refractivity contribution >= 4 is 75.8 Å². The first-order valence-electron chi connectivity index (χ1n) is 17.2. The van der Waals surface area contributed by atoms with Crippen LogP contribution in [0.25, 0.3) is 110 Å². The van der Waals surface area contributed by atoms with Crippen LogP contribution in [0.3, 0.4) is 0 Å². The van der Waals surface area contributed by atoms with Gasteiger partial charge in [0.05, 0.1) is 0 Å². The van der Waals surface area contributed by atoms with Crippen molar-refractivity contribution in [3.8, 4) is 34.2 Å². The molecule has 11 rings (SSSR count). The van der Waals surface area contributed by atoms with Gasteiger partial charge in [-0.1, -0.05) is 140 Å². The van der Waals surface area contributed by atoms with Crippen LogP contribution >= 0.6 is 0 Å². The average Bonchev–Trinajstić information content (AvgIpc) is 3.59. The van der Waals surface area contributed by atoms with Gasteiger partial charge in [-0.05, 0) is 72.7 Å². The predicted molar refractivity (Wildman–Crippen MR) is 211 cm³/mol. The van der Waals surface area contributed by atoms with Crippen molar-refractivity contribution in [2.75, 3.05) is 0 Å². The number of fused-ring (bicyclic) bond motifs is 12. The zero-order chi connectivity index (χ0) is 33.5. The highest BCUT2D eigenvalue weighted by Gasteiger charge is 2.21. The summed E-state index contributed by atoms with van der Waals surface area (Å²) in [5.41, 5.74) is 4.45. The van der Waals surface area contributed by atoms with Crippen LogP contribution < -0.4 is 0 Å². The van der Waals surface area contributed by atoms with E-state index in [9.17, 15) is 0 Å². The van der Waals surface area contributed by atoms with Crippen LogP contribution in [-0.4, -0.2) is 15.0 Å². The van der Waals surface area contributed by atoms with Crippen molar-refractivity contribution < 1.29 is 4.42 Å². The summed E-state index contributed by atoms with van der Waals surface area (Å²) >= 11 is 0. The number of hydrogen-bond donors (Lipinski definition) is 0. The molecule has 9 aromatic carbocycles. The second-order valence-corrected chi connectivity index (χ2v) is 13.2. The average molecular weight is 650 g/mol. The van der Waals surface area contributed by atoms with Gasteiger partial charge in [-0.2, -0.15) is 0 Å². The van der Waals surface area contributed by atoms with Gasteiger partial charge in [0, 0.05) is 32.8 Å². The van der Waals surface area contributed by atoms with Gasteiger partial charge in [-0.25, -0.2) is 15.0 Å². The Morgan fingerprint density at radius 2 is 0.824 bits per heavy atom. The van der Waals surface area contributed by atoms with E-state index < -0.39 is 0 Å². The van der Waals surface area contributed by atoms with Crippen molar-refractivity contribution in [1.82, 2.24) is 15.0 Å². The van der Waals surface area contributed by atoms with Gasteiger partial charge in [0.1, 0.15) is 11.2 Å². The quantitative estimate of drug-likeness (QED) is 0.179. The monoisotopic (exact) mass is 649 g/mol. The summed E-state index contributed by atoms with van der Waals surface area (Å²) in [6, 6.07) is 57.4. The van der Waals surface area contributed by atoms with E-state index in [4.69, 9.17) is 19.4 Å². The van der Waals surface area contributed by atoms with E-state index in [0.717, 1.165) is 54.8 Å². The molecule has 0 N–H and O–H groups in total. The molecule has 0 fully saturated rings. The van der Waals surface area contributed by atoms with Crippen LogP contribution in [0.5, 0.6) is 0 Å². The Hall–Kier alpha value is -6.91. The Labute approximate surface area is 292 Å². The summed E-state index contributed by atoms with van der Waals surface area (Å²) in [5.74, 6) is 1.86. The third-order valence-corrected chi connectivity index (χ3v) is 10.3. The normalized spacial score (nSPS) is 11.9. The summed E-state index contributed by atoms with van der Waals surface area (Å²) in [6.07, 6.45) is 0. The third kappa shape index (κ3) is 4.30. The van der Waals surface area contributed by atoms with Crippen molar-refractivity contribution in [1.29, 1.82) is 0 Å². The van der Waals surface area contributed by atoms with E-state index in [1.807, 2.05) is 12.1 Å². The van der Waals surface area contributed by atoms with E-state index >= 15 is 0 Å². The van der Waals surface area contributed by atoms with Crippen LogP contribution in [0.1, 0.15) is 0 Å². The van der Waals surface area contributed by atoms with E-state index in [1.165, 1.54) is 37.7 Å². The van der Waals surface area contributed by atoms with E-state index in [1.54, 1.807) is 0 Å². The lowest BCUT2D eigenvalue weighted by atomic mass is 9.93. The second kappa shape index (κ2) is 10.8. The van der Waals surface area contributed by atoms with E-state index in [2.05, 4.69) is 152 Å². The van der Waals surface area contributed by atoms with Gasteiger partial charge in [-0.3, -0.25) is 0 Å². The lowest BCUT2D eigenvalue weighted by Gasteiger charge is -2.11. The third-order valence-electron chi connectivity index (χ3n) is 10.3. The minimum absolute atomic E-state index is 0.605. The predicted octanol–water partition coefficient (Wildman–Crippen LogP) is 12.5. The molecule has 2 aromatic heterocycles. The number of rotatable bonds is 3. The van der Waals surface area contributed by atoms with Gasteiger partial charge in [0.25, 0.3) is 0 Å². The van der Waals surface area contributed by atoms with E-state index in [-0.39, 0.29) is 0 Å². The molecule has 0 saturated carbocycles. The molecule has 0 atom stereocenters. The molecule has 0 bridgehead atoms. The molecule has 0 amide bonds. The second-order valence-electron chi connectivity index (χ2n) is 13.2. The molecule has 4 heteroatoms. The highest BCUT2D eigenvalue weighted by molar-refractivity contribution is 6.32. The van der Waals surface area contributed by atoms with Crippen LogP contribution in [0.2, 0.25) is 0 Å². The Kier molecular flexibility index (Phi) is 5.92. The largest absolute Gasteiger partial charge is 0.455 e. The standard InChI is InChI=1S/C47H27N3O/c1-3-12-30-26-32(22-20-28(30)10-1)45-48-46(33-23-21-29-11-2-4-13-31(29)27-33)50-47(49-45)40-18-9-19-41-42(40)39-25-24-38-36-16-6-5-14-34(36)35-15-7-8-17-37(35)43(38)44(39)51-41/h1-27H. The summed E-state index contributed by atoms with van der Waals surface area (Å²) in [6.45, 7) is 0. The summed E-state index contributed by atoms with van der Waals surface area (Å²) in [7, 11) is 0. The highest BCUT2D eigenvalue weighted by Crippen LogP contribution is 2.44. The van der Waals surface area contributed by atoms with Gasteiger partial charge in [0.15, 0.2) is 17.5 Å². The lowest BCUT2D eigenvalue weighted by Crippen LogP contribution is -2.00. The lowest BCUT2D eigenvalue weighted by molar-refractivity contribution is 0.673. The first-order chi connectivity index (χ1) is 25.3. The van der Waals surface area contributed by atoms with Crippen LogP contribution in [0.4, 0.5) is 0 Å². The first kappa shape index (κ1) is 28.0. The molecule has 0 aliphatic carbocycles. The smallest absolute Gasteiger partial charge is 0.164 e. The topological polar surface area (TPSA) is 51.8 Å².